The summed E-state index contributed by atoms with van der Waals surface area (Å²) >= 11 is 0. The van der Waals surface area contributed by atoms with E-state index in [0.717, 1.165) is 24.2 Å². The highest BCUT2D eigenvalue weighted by Crippen LogP contribution is 2.31. The summed E-state index contributed by atoms with van der Waals surface area (Å²) in [6, 6.07) is 14.7. The van der Waals surface area contributed by atoms with E-state index in [1.54, 1.807) is 37.3 Å². The van der Waals surface area contributed by atoms with Gasteiger partial charge in [-0.3, -0.25) is 9.59 Å². The van der Waals surface area contributed by atoms with E-state index >= 15 is 0 Å². The zero-order valence-electron chi connectivity index (χ0n) is 17.2. The van der Waals surface area contributed by atoms with Crippen LogP contribution in [0.3, 0.4) is 0 Å². The lowest BCUT2D eigenvalue weighted by Crippen LogP contribution is -2.51. The largest absolute Gasteiger partial charge is 0.497 e. The van der Waals surface area contributed by atoms with E-state index in [1.165, 1.54) is 0 Å². The molecule has 2 aromatic rings. The van der Waals surface area contributed by atoms with Gasteiger partial charge in [0.1, 0.15) is 11.5 Å². The number of carbonyl (C=O) groups excluding carboxylic acids is 2. The number of hydrogen-bond donors (Lipinski definition) is 1. The molecular formula is C23H28N2O4. The van der Waals surface area contributed by atoms with Crippen LogP contribution in [-0.4, -0.2) is 44.0 Å². The lowest BCUT2D eigenvalue weighted by molar-refractivity contribution is -0.132. The van der Waals surface area contributed by atoms with Crippen molar-refractivity contribution in [1.82, 2.24) is 10.2 Å². The minimum absolute atomic E-state index is 0.0311. The molecule has 0 saturated carbocycles. The minimum atomic E-state index is -0.612. The van der Waals surface area contributed by atoms with Crippen LogP contribution in [0.2, 0.25) is 0 Å². The van der Waals surface area contributed by atoms with Gasteiger partial charge in [-0.2, -0.15) is 0 Å². The monoisotopic (exact) mass is 396 g/mol. The molecule has 0 bridgehead atoms. The zero-order valence-corrected chi connectivity index (χ0v) is 17.2. The summed E-state index contributed by atoms with van der Waals surface area (Å²) in [6.45, 7) is 3.43. The van der Waals surface area contributed by atoms with Crippen molar-refractivity contribution < 1.29 is 19.1 Å². The van der Waals surface area contributed by atoms with Gasteiger partial charge in [-0.1, -0.05) is 18.2 Å². The molecule has 1 aliphatic rings. The molecule has 1 atom stereocenters. The molecule has 29 heavy (non-hydrogen) atoms. The molecule has 0 unspecified atom stereocenters. The number of ether oxygens (including phenoxy) is 2. The van der Waals surface area contributed by atoms with Crippen molar-refractivity contribution in [3.8, 4) is 11.5 Å². The number of piperidine rings is 1. The number of hydrogen-bond acceptors (Lipinski definition) is 4. The summed E-state index contributed by atoms with van der Waals surface area (Å²) in [5.41, 5.74) is 0.967. The lowest BCUT2D eigenvalue weighted by Gasteiger charge is -2.39. The third kappa shape index (κ3) is 4.88. The molecule has 2 aromatic carbocycles. The van der Waals surface area contributed by atoms with E-state index in [9.17, 15) is 9.59 Å². The van der Waals surface area contributed by atoms with Crippen LogP contribution in [0.25, 0.3) is 0 Å². The molecule has 154 valence electrons. The second-order valence-electron chi connectivity index (χ2n) is 7.65. The second kappa shape index (κ2) is 8.99. The van der Waals surface area contributed by atoms with E-state index in [0.29, 0.717) is 30.9 Å². The van der Waals surface area contributed by atoms with Gasteiger partial charge >= 0.3 is 0 Å². The highest BCUT2D eigenvalue weighted by molar-refractivity contribution is 5.95. The summed E-state index contributed by atoms with van der Waals surface area (Å²) in [4.78, 5) is 27.6. The number of amides is 2. The Kier molecular flexibility index (Phi) is 6.42. The standard InChI is InChI=1S/C23H28N2O4/c1-23(22(27)24-15-17-8-10-19(28-2)11-9-17)12-5-13-25(16-23)21(26)18-6-4-7-20(14-18)29-3/h4,6-11,14H,5,12-13,15-16H2,1-3H3,(H,24,27)/t23-/m0/s1. The van der Waals surface area contributed by atoms with Crippen LogP contribution in [0.4, 0.5) is 0 Å². The van der Waals surface area contributed by atoms with E-state index in [2.05, 4.69) is 5.32 Å². The van der Waals surface area contributed by atoms with Crippen LogP contribution in [0.5, 0.6) is 11.5 Å². The second-order valence-corrected chi connectivity index (χ2v) is 7.65. The van der Waals surface area contributed by atoms with Gasteiger partial charge in [-0.15, -0.1) is 0 Å². The Bertz CT molecular complexity index is 865. The highest BCUT2D eigenvalue weighted by atomic mass is 16.5. The molecule has 0 radical (unpaired) electrons. The number of rotatable bonds is 6. The smallest absolute Gasteiger partial charge is 0.254 e. The SMILES string of the molecule is COc1ccc(CNC(=O)[C@@]2(C)CCCN(C(=O)c3cccc(OC)c3)C2)cc1. The molecule has 2 amide bonds. The Hall–Kier alpha value is -3.02. The minimum Gasteiger partial charge on any atom is -0.497 e. The maximum Gasteiger partial charge on any atom is 0.254 e. The average Bonchev–Trinajstić information content (AvgIpc) is 2.77. The van der Waals surface area contributed by atoms with E-state index in [4.69, 9.17) is 9.47 Å². The van der Waals surface area contributed by atoms with Gasteiger partial charge in [0.05, 0.1) is 19.6 Å². The first-order valence-corrected chi connectivity index (χ1v) is 9.80. The predicted molar refractivity (Wildman–Crippen MR) is 111 cm³/mol. The molecule has 0 aliphatic carbocycles. The molecule has 1 aliphatic heterocycles. The van der Waals surface area contributed by atoms with Crippen LogP contribution >= 0.6 is 0 Å². The quantitative estimate of drug-likeness (QED) is 0.814. The van der Waals surface area contributed by atoms with Gasteiger partial charge in [-0.05, 0) is 55.7 Å². The van der Waals surface area contributed by atoms with Gasteiger partial charge in [0.2, 0.25) is 5.91 Å². The van der Waals surface area contributed by atoms with Crippen molar-refractivity contribution in [2.24, 2.45) is 5.41 Å². The Morgan fingerprint density at radius 2 is 1.79 bits per heavy atom. The summed E-state index contributed by atoms with van der Waals surface area (Å²) in [5, 5.41) is 3.03. The maximum absolute atomic E-state index is 12.9. The third-order valence-corrected chi connectivity index (χ3v) is 5.46. The van der Waals surface area contributed by atoms with Crippen LogP contribution in [0.15, 0.2) is 48.5 Å². The summed E-state index contributed by atoms with van der Waals surface area (Å²) in [5.74, 6) is 1.33. The Balaban J connectivity index is 1.63. The fourth-order valence-corrected chi connectivity index (χ4v) is 3.68. The van der Waals surface area contributed by atoms with Gasteiger partial charge in [0.15, 0.2) is 0 Å². The van der Waals surface area contributed by atoms with Crippen molar-refractivity contribution in [3.63, 3.8) is 0 Å². The van der Waals surface area contributed by atoms with E-state index < -0.39 is 5.41 Å². The Labute approximate surface area is 171 Å². The van der Waals surface area contributed by atoms with Crippen LogP contribution in [0, 0.1) is 5.41 Å². The first-order valence-electron chi connectivity index (χ1n) is 9.80. The van der Waals surface area contributed by atoms with Gasteiger partial charge < -0.3 is 19.7 Å². The number of nitrogens with one attached hydrogen (secondary N) is 1. The molecule has 3 rings (SSSR count). The number of likely N-dealkylation sites (tertiary alicyclic amines) is 1. The third-order valence-electron chi connectivity index (χ3n) is 5.46. The summed E-state index contributed by atoms with van der Waals surface area (Å²) in [6.07, 6.45) is 1.55. The zero-order chi connectivity index (χ0) is 20.9. The molecule has 6 nitrogen and oxygen atoms in total. The highest BCUT2D eigenvalue weighted by Gasteiger charge is 2.39. The van der Waals surface area contributed by atoms with E-state index in [1.807, 2.05) is 37.3 Å². The molecule has 0 aromatic heterocycles. The average molecular weight is 396 g/mol. The molecule has 0 spiro atoms. The number of methoxy groups -OCH3 is 2. The number of carbonyl (C=O) groups is 2. The lowest BCUT2D eigenvalue weighted by atomic mass is 9.80. The van der Waals surface area contributed by atoms with Crippen molar-refractivity contribution in [1.29, 1.82) is 0 Å². The number of nitrogens with zero attached hydrogens (tertiary/aromatic N) is 1. The van der Waals surface area contributed by atoms with Crippen LogP contribution < -0.4 is 14.8 Å². The Morgan fingerprint density at radius 1 is 1.07 bits per heavy atom. The predicted octanol–water partition coefficient (Wildman–Crippen LogP) is 3.26. The molecule has 1 fully saturated rings. The van der Waals surface area contributed by atoms with Crippen molar-refractivity contribution in [2.45, 2.75) is 26.3 Å². The molecule has 1 heterocycles. The maximum atomic E-state index is 12.9. The molecule has 1 N–H and O–H groups in total. The van der Waals surface area contributed by atoms with Crippen molar-refractivity contribution in [2.75, 3.05) is 27.3 Å². The topological polar surface area (TPSA) is 67.9 Å². The fourth-order valence-electron chi connectivity index (χ4n) is 3.68. The van der Waals surface area contributed by atoms with Crippen molar-refractivity contribution in [3.05, 3.63) is 59.7 Å². The summed E-state index contributed by atoms with van der Waals surface area (Å²) in [7, 11) is 3.20. The fraction of sp³-hybridized carbons (Fsp3) is 0.391. The van der Waals surface area contributed by atoms with Gasteiger partial charge in [0.25, 0.3) is 5.91 Å². The van der Waals surface area contributed by atoms with E-state index in [-0.39, 0.29) is 11.8 Å². The van der Waals surface area contributed by atoms with Gasteiger partial charge in [-0.25, -0.2) is 0 Å². The molecule has 6 heteroatoms. The molecule has 1 saturated heterocycles. The first-order chi connectivity index (χ1) is 13.9. The van der Waals surface area contributed by atoms with Crippen LogP contribution in [-0.2, 0) is 11.3 Å². The summed E-state index contributed by atoms with van der Waals surface area (Å²) < 4.78 is 10.4. The normalized spacial score (nSPS) is 18.8. The number of benzene rings is 2. The first kappa shape index (κ1) is 20.7. The Morgan fingerprint density at radius 3 is 2.48 bits per heavy atom. The van der Waals surface area contributed by atoms with Gasteiger partial charge in [0, 0.05) is 25.2 Å². The molecular weight excluding hydrogens is 368 g/mol. The van der Waals surface area contributed by atoms with Crippen molar-refractivity contribution >= 4 is 11.8 Å². The van der Waals surface area contributed by atoms with Crippen LogP contribution in [0.1, 0.15) is 35.7 Å².